The van der Waals surface area contributed by atoms with Crippen LogP contribution in [-0.4, -0.2) is 35.1 Å². The summed E-state index contributed by atoms with van der Waals surface area (Å²) in [6, 6.07) is 4.33. The SMILES string of the molecule is Cc1cc2nc(C(C)N)n(CCN(C)C)c2cc1C. The lowest BCUT2D eigenvalue weighted by Gasteiger charge is -2.15. The largest absolute Gasteiger partial charge is 0.325 e. The van der Waals surface area contributed by atoms with Gasteiger partial charge in [0, 0.05) is 13.1 Å². The van der Waals surface area contributed by atoms with Gasteiger partial charge in [0.05, 0.1) is 17.1 Å². The fraction of sp³-hybridized carbons (Fsp3) is 0.533. The zero-order valence-corrected chi connectivity index (χ0v) is 12.6. The summed E-state index contributed by atoms with van der Waals surface area (Å²) in [7, 11) is 4.17. The van der Waals surface area contributed by atoms with E-state index in [4.69, 9.17) is 10.7 Å². The fourth-order valence-electron chi connectivity index (χ4n) is 2.28. The number of likely N-dealkylation sites (N-methyl/N-ethyl adjacent to an activating group) is 1. The molecule has 0 spiro atoms. The molecule has 0 bridgehead atoms. The van der Waals surface area contributed by atoms with E-state index in [1.54, 1.807) is 0 Å². The van der Waals surface area contributed by atoms with Crippen molar-refractivity contribution < 1.29 is 0 Å². The van der Waals surface area contributed by atoms with Crippen LogP contribution in [-0.2, 0) is 6.54 Å². The van der Waals surface area contributed by atoms with Gasteiger partial charge >= 0.3 is 0 Å². The molecule has 0 aliphatic carbocycles. The van der Waals surface area contributed by atoms with E-state index in [0.29, 0.717) is 0 Å². The quantitative estimate of drug-likeness (QED) is 0.917. The molecule has 19 heavy (non-hydrogen) atoms. The standard InChI is InChI=1S/C15H24N4/c1-10-8-13-14(9-11(10)2)19(7-6-18(4)5)15(17-13)12(3)16/h8-9,12H,6-7,16H2,1-5H3. The highest BCUT2D eigenvalue weighted by atomic mass is 15.1. The van der Waals surface area contributed by atoms with Gasteiger partial charge < -0.3 is 15.2 Å². The van der Waals surface area contributed by atoms with E-state index in [0.717, 1.165) is 24.4 Å². The van der Waals surface area contributed by atoms with Crippen LogP contribution in [0, 0.1) is 13.8 Å². The molecule has 104 valence electrons. The lowest BCUT2D eigenvalue weighted by Crippen LogP contribution is -2.21. The van der Waals surface area contributed by atoms with Crippen LogP contribution < -0.4 is 5.73 Å². The zero-order valence-electron chi connectivity index (χ0n) is 12.6. The minimum absolute atomic E-state index is 0.0461. The molecule has 0 fully saturated rings. The first-order valence-electron chi connectivity index (χ1n) is 6.78. The van der Waals surface area contributed by atoms with Crippen LogP contribution in [0.25, 0.3) is 11.0 Å². The van der Waals surface area contributed by atoms with Crippen LogP contribution in [0.1, 0.15) is 29.9 Å². The molecular formula is C15H24N4. The number of hydrogen-bond acceptors (Lipinski definition) is 3. The summed E-state index contributed by atoms with van der Waals surface area (Å²) in [5.74, 6) is 0.974. The molecule has 1 aromatic heterocycles. The van der Waals surface area contributed by atoms with Crippen LogP contribution in [0.3, 0.4) is 0 Å². The van der Waals surface area contributed by atoms with E-state index in [2.05, 4.69) is 49.5 Å². The van der Waals surface area contributed by atoms with Crippen LogP contribution in [0.2, 0.25) is 0 Å². The number of fused-ring (bicyclic) bond motifs is 1. The normalized spacial score (nSPS) is 13.4. The molecule has 1 unspecified atom stereocenters. The summed E-state index contributed by atoms with van der Waals surface area (Å²) < 4.78 is 2.26. The first kappa shape index (κ1) is 14.0. The van der Waals surface area contributed by atoms with E-state index >= 15 is 0 Å². The maximum atomic E-state index is 6.06. The Morgan fingerprint density at radius 2 is 1.89 bits per heavy atom. The smallest absolute Gasteiger partial charge is 0.126 e. The number of benzene rings is 1. The van der Waals surface area contributed by atoms with Crippen molar-refractivity contribution in [3.05, 3.63) is 29.1 Å². The Labute approximate surface area is 115 Å². The van der Waals surface area contributed by atoms with Crippen LogP contribution in [0.15, 0.2) is 12.1 Å². The van der Waals surface area contributed by atoms with Gasteiger partial charge in [-0.15, -0.1) is 0 Å². The maximum absolute atomic E-state index is 6.06. The second-order valence-electron chi connectivity index (χ2n) is 5.64. The molecule has 1 aromatic carbocycles. The molecule has 2 rings (SSSR count). The topological polar surface area (TPSA) is 47.1 Å². The van der Waals surface area contributed by atoms with Crippen LogP contribution in [0.5, 0.6) is 0 Å². The zero-order chi connectivity index (χ0) is 14.2. The van der Waals surface area contributed by atoms with Crippen molar-refractivity contribution in [3.63, 3.8) is 0 Å². The summed E-state index contributed by atoms with van der Waals surface area (Å²) in [5.41, 5.74) is 10.9. The summed E-state index contributed by atoms with van der Waals surface area (Å²) in [4.78, 5) is 6.89. The Morgan fingerprint density at radius 3 is 2.47 bits per heavy atom. The summed E-state index contributed by atoms with van der Waals surface area (Å²) in [6.07, 6.45) is 0. The lowest BCUT2D eigenvalue weighted by molar-refractivity contribution is 0.381. The second kappa shape index (κ2) is 5.31. The predicted molar refractivity (Wildman–Crippen MR) is 80.4 cm³/mol. The molecule has 2 aromatic rings. The van der Waals surface area contributed by atoms with E-state index in [1.807, 2.05) is 6.92 Å². The summed E-state index contributed by atoms with van der Waals surface area (Å²) in [5, 5.41) is 0. The number of nitrogens with two attached hydrogens (primary N) is 1. The van der Waals surface area contributed by atoms with E-state index in [9.17, 15) is 0 Å². The third-order valence-corrected chi connectivity index (χ3v) is 3.57. The predicted octanol–water partition coefficient (Wildman–Crippen LogP) is 2.23. The number of rotatable bonds is 4. The van der Waals surface area contributed by atoms with Gasteiger partial charge in [0.15, 0.2) is 0 Å². The Morgan fingerprint density at radius 1 is 1.26 bits per heavy atom. The molecule has 1 heterocycles. The Bertz CT molecular complexity index is 581. The first-order chi connectivity index (χ1) is 8.90. The first-order valence-corrected chi connectivity index (χ1v) is 6.78. The highest BCUT2D eigenvalue weighted by Crippen LogP contribution is 2.23. The van der Waals surface area contributed by atoms with Gasteiger partial charge in [-0.2, -0.15) is 0 Å². The van der Waals surface area contributed by atoms with E-state index in [1.165, 1.54) is 16.6 Å². The average Bonchev–Trinajstić information content (AvgIpc) is 2.65. The lowest BCUT2D eigenvalue weighted by atomic mass is 10.1. The van der Waals surface area contributed by atoms with Crippen molar-refractivity contribution in [1.82, 2.24) is 14.5 Å². The van der Waals surface area contributed by atoms with Crippen molar-refractivity contribution in [1.29, 1.82) is 0 Å². The molecule has 0 amide bonds. The molecule has 2 N–H and O–H groups in total. The van der Waals surface area contributed by atoms with Gasteiger partial charge in [-0.1, -0.05) is 0 Å². The average molecular weight is 260 g/mol. The molecule has 4 heteroatoms. The van der Waals surface area contributed by atoms with E-state index in [-0.39, 0.29) is 6.04 Å². The fourth-order valence-corrected chi connectivity index (χ4v) is 2.28. The number of imidazole rings is 1. The van der Waals surface area contributed by atoms with Crippen molar-refractivity contribution in [2.45, 2.75) is 33.4 Å². The number of nitrogens with zero attached hydrogens (tertiary/aromatic N) is 3. The Hall–Kier alpha value is -1.39. The molecule has 0 saturated carbocycles. The Kier molecular flexibility index (Phi) is 3.92. The molecule has 1 atom stereocenters. The third kappa shape index (κ3) is 2.80. The van der Waals surface area contributed by atoms with Gasteiger partial charge in [0.1, 0.15) is 5.82 Å². The molecular weight excluding hydrogens is 236 g/mol. The molecule has 4 nitrogen and oxygen atoms in total. The van der Waals surface area contributed by atoms with Crippen molar-refractivity contribution >= 4 is 11.0 Å². The van der Waals surface area contributed by atoms with Gasteiger partial charge in [-0.3, -0.25) is 0 Å². The minimum Gasteiger partial charge on any atom is -0.325 e. The summed E-state index contributed by atoms with van der Waals surface area (Å²) >= 11 is 0. The number of hydrogen-bond donors (Lipinski definition) is 1. The van der Waals surface area contributed by atoms with E-state index < -0.39 is 0 Å². The third-order valence-electron chi connectivity index (χ3n) is 3.57. The Balaban J connectivity index is 2.55. The van der Waals surface area contributed by atoms with Gasteiger partial charge in [0.25, 0.3) is 0 Å². The van der Waals surface area contributed by atoms with Crippen molar-refractivity contribution in [2.75, 3.05) is 20.6 Å². The molecule has 0 aliphatic heterocycles. The van der Waals surface area contributed by atoms with Crippen LogP contribution in [0.4, 0.5) is 0 Å². The molecule has 0 radical (unpaired) electrons. The number of aromatic nitrogens is 2. The molecule has 0 saturated heterocycles. The van der Waals surface area contributed by atoms with Gasteiger partial charge in [0.2, 0.25) is 0 Å². The highest BCUT2D eigenvalue weighted by molar-refractivity contribution is 5.78. The van der Waals surface area contributed by atoms with Crippen LogP contribution >= 0.6 is 0 Å². The monoisotopic (exact) mass is 260 g/mol. The maximum Gasteiger partial charge on any atom is 0.126 e. The second-order valence-corrected chi connectivity index (χ2v) is 5.64. The van der Waals surface area contributed by atoms with Crippen molar-refractivity contribution in [2.24, 2.45) is 5.73 Å². The highest BCUT2D eigenvalue weighted by Gasteiger charge is 2.14. The summed E-state index contributed by atoms with van der Waals surface area (Å²) in [6.45, 7) is 8.16. The number of aryl methyl sites for hydroxylation is 2. The van der Waals surface area contributed by atoms with Gasteiger partial charge in [-0.25, -0.2) is 4.98 Å². The van der Waals surface area contributed by atoms with Crippen molar-refractivity contribution in [3.8, 4) is 0 Å². The van der Waals surface area contributed by atoms with Gasteiger partial charge in [-0.05, 0) is 58.1 Å². The minimum atomic E-state index is -0.0461. The molecule has 0 aliphatic rings.